The standard InChI is InChI=1S/C34H39F4N3O5/c1-19(2)14-29(34(44)46-21-8-4-5-9-21)40-12-6-3-7-13-45-22-16-27(37)30(28(38)17-22)24-18-25(32(39)41-33(24)43)31(42)23-11-10-20(35)15-26(23)36/h10-11,15-19,21,29,40H,3-9,12-14H2,1-2H3,(H3,39,41,43)/t29-/m0/s1. The van der Waals surface area contributed by atoms with Crippen molar-refractivity contribution in [2.45, 2.75) is 77.4 Å². The van der Waals surface area contributed by atoms with E-state index in [1.54, 1.807) is 0 Å². The Morgan fingerprint density at radius 1 is 0.957 bits per heavy atom. The van der Waals surface area contributed by atoms with Crippen molar-refractivity contribution in [3.05, 3.63) is 81.1 Å². The molecule has 4 rings (SSSR count). The number of hydrogen-bond acceptors (Lipinski definition) is 7. The molecule has 248 valence electrons. The summed E-state index contributed by atoms with van der Waals surface area (Å²) in [5, 5.41) is 3.30. The molecule has 2 aromatic carbocycles. The predicted molar refractivity (Wildman–Crippen MR) is 166 cm³/mol. The predicted octanol–water partition coefficient (Wildman–Crippen LogP) is 6.45. The fourth-order valence-electron chi connectivity index (χ4n) is 5.48. The third-order valence-corrected chi connectivity index (χ3v) is 7.83. The van der Waals surface area contributed by atoms with E-state index in [0.717, 1.165) is 68.9 Å². The summed E-state index contributed by atoms with van der Waals surface area (Å²) in [5.74, 6) is -5.76. The van der Waals surface area contributed by atoms with E-state index in [0.29, 0.717) is 31.4 Å². The van der Waals surface area contributed by atoms with Crippen LogP contribution >= 0.6 is 0 Å². The molecule has 1 atom stereocenters. The van der Waals surface area contributed by atoms with Crippen molar-refractivity contribution in [1.29, 1.82) is 0 Å². The van der Waals surface area contributed by atoms with Gasteiger partial charge in [-0.05, 0) is 82.0 Å². The Bertz CT molecular complexity index is 1580. The highest BCUT2D eigenvalue weighted by atomic mass is 19.1. The van der Waals surface area contributed by atoms with Gasteiger partial charge in [-0.3, -0.25) is 14.4 Å². The van der Waals surface area contributed by atoms with E-state index in [1.807, 2.05) is 0 Å². The van der Waals surface area contributed by atoms with Crippen molar-refractivity contribution in [2.24, 2.45) is 5.92 Å². The number of aromatic amines is 1. The number of anilines is 1. The topological polar surface area (TPSA) is 124 Å². The van der Waals surface area contributed by atoms with Crippen LogP contribution < -0.4 is 21.3 Å². The smallest absolute Gasteiger partial charge is 0.323 e. The van der Waals surface area contributed by atoms with Gasteiger partial charge < -0.3 is 25.5 Å². The summed E-state index contributed by atoms with van der Waals surface area (Å²) in [6.07, 6.45) is 6.75. The average molecular weight is 646 g/mol. The Morgan fingerprint density at radius 3 is 2.30 bits per heavy atom. The summed E-state index contributed by atoms with van der Waals surface area (Å²) in [4.78, 5) is 40.3. The second kappa shape index (κ2) is 15.9. The summed E-state index contributed by atoms with van der Waals surface area (Å²) < 4.78 is 69.0. The number of pyridine rings is 1. The van der Waals surface area contributed by atoms with Gasteiger partial charge in [0.05, 0.1) is 28.9 Å². The van der Waals surface area contributed by atoms with E-state index in [4.69, 9.17) is 15.2 Å². The molecule has 1 fully saturated rings. The number of nitrogen functional groups attached to an aromatic ring is 1. The van der Waals surface area contributed by atoms with Crippen LogP contribution in [0.5, 0.6) is 5.75 Å². The number of nitrogens with one attached hydrogen (secondary N) is 2. The van der Waals surface area contributed by atoms with E-state index in [2.05, 4.69) is 24.1 Å². The number of ether oxygens (including phenoxy) is 2. The first kappa shape index (κ1) is 34.7. The molecule has 0 unspecified atom stereocenters. The molecule has 0 bridgehead atoms. The Labute approximate surface area is 264 Å². The molecule has 0 saturated heterocycles. The van der Waals surface area contributed by atoms with Crippen molar-refractivity contribution < 1.29 is 36.6 Å². The molecule has 1 aliphatic rings. The molecule has 46 heavy (non-hydrogen) atoms. The third kappa shape index (κ3) is 8.96. The molecule has 3 aromatic rings. The van der Waals surface area contributed by atoms with Gasteiger partial charge in [0.1, 0.15) is 47.0 Å². The van der Waals surface area contributed by atoms with Crippen LogP contribution in [-0.2, 0) is 9.53 Å². The molecular formula is C34H39F4N3O5. The molecule has 0 amide bonds. The average Bonchev–Trinajstić information content (AvgIpc) is 3.49. The van der Waals surface area contributed by atoms with Crippen LogP contribution in [0.2, 0.25) is 0 Å². The number of hydrogen-bond donors (Lipinski definition) is 3. The van der Waals surface area contributed by atoms with Crippen LogP contribution in [0.25, 0.3) is 11.1 Å². The maximum absolute atomic E-state index is 15.1. The number of carbonyl (C=O) groups is 2. The SMILES string of the molecule is CC(C)C[C@H](NCCCCCOc1cc(F)c(-c2cc(C(=O)c3ccc(F)cc3F)c(N)[nH]c2=O)c(F)c1)C(=O)OC1CCCC1. The van der Waals surface area contributed by atoms with Gasteiger partial charge >= 0.3 is 5.97 Å². The lowest BCUT2D eigenvalue weighted by molar-refractivity contribution is -0.151. The Hall–Kier alpha value is -4.19. The van der Waals surface area contributed by atoms with Crippen molar-refractivity contribution in [2.75, 3.05) is 18.9 Å². The number of aromatic nitrogens is 1. The molecule has 0 spiro atoms. The molecule has 8 nitrogen and oxygen atoms in total. The first-order valence-electron chi connectivity index (χ1n) is 15.5. The van der Waals surface area contributed by atoms with Crippen molar-refractivity contribution in [3.63, 3.8) is 0 Å². The van der Waals surface area contributed by atoms with Gasteiger partial charge in [0.2, 0.25) is 0 Å². The van der Waals surface area contributed by atoms with E-state index in [1.165, 1.54) is 0 Å². The van der Waals surface area contributed by atoms with Crippen molar-refractivity contribution in [3.8, 4) is 16.9 Å². The van der Waals surface area contributed by atoms with Crippen LogP contribution in [0.3, 0.4) is 0 Å². The monoisotopic (exact) mass is 645 g/mol. The molecule has 1 heterocycles. The number of esters is 1. The lowest BCUT2D eigenvalue weighted by Crippen LogP contribution is -2.40. The van der Waals surface area contributed by atoms with E-state index in [-0.39, 0.29) is 30.5 Å². The van der Waals surface area contributed by atoms with E-state index >= 15 is 8.78 Å². The summed E-state index contributed by atoms with van der Waals surface area (Å²) in [6, 6.07) is 4.62. The fourth-order valence-corrected chi connectivity index (χ4v) is 5.48. The minimum atomic E-state index is -1.16. The van der Waals surface area contributed by atoms with Gasteiger partial charge in [0.15, 0.2) is 5.78 Å². The van der Waals surface area contributed by atoms with Gasteiger partial charge in [0.25, 0.3) is 5.56 Å². The van der Waals surface area contributed by atoms with Gasteiger partial charge in [-0.2, -0.15) is 0 Å². The van der Waals surface area contributed by atoms with Crippen LogP contribution in [0.4, 0.5) is 23.4 Å². The zero-order valence-corrected chi connectivity index (χ0v) is 25.9. The minimum absolute atomic E-state index is 0.0115. The number of H-pyrrole nitrogens is 1. The molecule has 1 saturated carbocycles. The zero-order valence-electron chi connectivity index (χ0n) is 25.9. The second-order valence-corrected chi connectivity index (χ2v) is 11.9. The summed E-state index contributed by atoms with van der Waals surface area (Å²) >= 11 is 0. The molecule has 1 aliphatic carbocycles. The largest absolute Gasteiger partial charge is 0.493 e. The fraction of sp³-hybridized carbons (Fsp3) is 0.441. The Balaban J connectivity index is 1.33. The molecule has 4 N–H and O–H groups in total. The number of carbonyl (C=O) groups excluding carboxylic acids is 2. The molecule has 1 aromatic heterocycles. The van der Waals surface area contributed by atoms with Crippen LogP contribution in [0.15, 0.2) is 41.2 Å². The summed E-state index contributed by atoms with van der Waals surface area (Å²) in [7, 11) is 0. The first-order valence-corrected chi connectivity index (χ1v) is 15.5. The normalized spacial score (nSPS) is 14.1. The van der Waals surface area contributed by atoms with Crippen LogP contribution in [0.1, 0.15) is 81.1 Å². The van der Waals surface area contributed by atoms with Gasteiger partial charge in [-0.25, -0.2) is 17.6 Å². The molecule has 12 heteroatoms. The number of unbranched alkanes of at least 4 members (excludes halogenated alkanes) is 2. The highest BCUT2D eigenvalue weighted by Crippen LogP contribution is 2.30. The number of benzene rings is 2. The highest BCUT2D eigenvalue weighted by molar-refractivity contribution is 6.12. The minimum Gasteiger partial charge on any atom is -0.493 e. The zero-order chi connectivity index (χ0) is 33.4. The number of rotatable bonds is 15. The van der Waals surface area contributed by atoms with Gasteiger partial charge in [0, 0.05) is 18.2 Å². The lowest BCUT2D eigenvalue weighted by atomic mass is 9.98. The van der Waals surface area contributed by atoms with E-state index < -0.39 is 62.7 Å². The Morgan fingerprint density at radius 2 is 1.65 bits per heavy atom. The Kier molecular flexibility index (Phi) is 12.0. The lowest BCUT2D eigenvalue weighted by Gasteiger charge is -2.21. The first-order chi connectivity index (χ1) is 21.9. The van der Waals surface area contributed by atoms with Crippen LogP contribution in [-0.4, -0.2) is 42.0 Å². The summed E-state index contributed by atoms with van der Waals surface area (Å²) in [6.45, 7) is 4.88. The van der Waals surface area contributed by atoms with E-state index in [9.17, 15) is 23.2 Å². The second-order valence-electron chi connectivity index (χ2n) is 11.9. The maximum atomic E-state index is 15.1. The molecular weight excluding hydrogens is 606 g/mol. The van der Waals surface area contributed by atoms with Gasteiger partial charge in [-0.1, -0.05) is 13.8 Å². The third-order valence-electron chi connectivity index (χ3n) is 7.83. The quantitative estimate of drug-likeness (QED) is 0.0751. The van der Waals surface area contributed by atoms with Crippen molar-refractivity contribution in [1.82, 2.24) is 10.3 Å². The molecule has 0 aliphatic heterocycles. The van der Waals surface area contributed by atoms with Crippen molar-refractivity contribution >= 4 is 17.6 Å². The molecule has 0 radical (unpaired) electrons. The summed E-state index contributed by atoms with van der Waals surface area (Å²) in [5.41, 5.74) is 2.55. The number of ketones is 1. The highest BCUT2D eigenvalue weighted by Gasteiger charge is 2.26. The number of halogens is 4. The number of nitrogens with two attached hydrogens (primary N) is 1. The maximum Gasteiger partial charge on any atom is 0.323 e. The van der Waals surface area contributed by atoms with Gasteiger partial charge in [-0.15, -0.1) is 0 Å². The van der Waals surface area contributed by atoms with Crippen LogP contribution in [0, 0.1) is 29.2 Å².